The molecule has 0 aliphatic carbocycles. The maximum atomic E-state index is 12.7. The van der Waals surface area contributed by atoms with Crippen LogP contribution >= 0.6 is 27.5 Å². The van der Waals surface area contributed by atoms with Crippen LogP contribution < -0.4 is 0 Å². The molecule has 0 radical (unpaired) electrons. The summed E-state index contributed by atoms with van der Waals surface area (Å²) in [6.45, 7) is 0. The van der Waals surface area contributed by atoms with Crippen molar-refractivity contribution in [2.24, 2.45) is 0 Å². The van der Waals surface area contributed by atoms with Gasteiger partial charge < -0.3 is 0 Å². The number of hydrogen-bond acceptors (Lipinski definition) is 2. The van der Waals surface area contributed by atoms with Gasteiger partial charge in [0.15, 0.2) is 5.78 Å². The van der Waals surface area contributed by atoms with E-state index in [1.807, 2.05) is 24.3 Å². The quantitative estimate of drug-likeness (QED) is 0.619. The maximum Gasteiger partial charge on any atom is 0.196 e. The third-order valence-electron chi connectivity index (χ3n) is 3.09. The van der Waals surface area contributed by atoms with Crippen LogP contribution in [0.2, 0.25) is 5.02 Å². The molecule has 0 aliphatic rings. The number of nitrogens with zero attached hydrogens (tertiary/aromatic N) is 1. The zero-order valence-corrected chi connectivity index (χ0v) is 12.6. The van der Waals surface area contributed by atoms with E-state index in [0.29, 0.717) is 16.1 Å². The van der Waals surface area contributed by atoms with Crippen molar-refractivity contribution in [1.29, 1.82) is 0 Å². The van der Waals surface area contributed by atoms with E-state index in [-0.39, 0.29) is 5.78 Å². The highest BCUT2D eigenvalue weighted by Gasteiger charge is 2.16. The molecule has 0 bridgehead atoms. The number of fused-ring (bicyclic) bond motifs is 1. The summed E-state index contributed by atoms with van der Waals surface area (Å²) >= 11 is 9.37. The number of benzene rings is 2. The van der Waals surface area contributed by atoms with Crippen LogP contribution in [0.5, 0.6) is 0 Å². The fourth-order valence-electron chi connectivity index (χ4n) is 2.11. The normalized spacial score (nSPS) is 10.7. The Kier molecular flexibility index (Phi) is 3.55. The molecule has 0 unspecified atom stereocenters. The SMILES string of the molecule is O=C(c1cc(Cl)ccc1Br)c1cncc2ccccc12. The Bertz CT molecular complexity index is 811. The van der Waals surface area contributed by atoms with Gasteiger partial charge in [-0.2, -0.15) is 0 Å². The first kappa shape index (κ1) is 13.3. The third-order valence-corrected chi connectivity index (χ3v) is 4.01. The Hall–Kier alpha value is -1.71. The molecule has 0 amide bonds. The molecule has 0 fully saturated rings. The Balaban J connectivity index is 2.20. The number of hydrogen-bond donors (Lipinski definition) is 0. The fraction of sp³-hybridized carbons (Fsp3) is 0. The summed E-state index contributed by atoms with van der Waals surface area (Å²) in [6.07, 6.45) is 3.34. The summed E-state index contributed by atoms with van der Waals surface area (Å²) < 4.78 is 0.722. The second kappa shape index (κ2) is 5.35. The van der Waals surface area contributed by atoms with Crippen LogP contribution in [0.3, 0.4) is 0 Å². The third kappa shape index (κ3) is 2.35. The smallest absolute Gasteiger partial charge is 0.196 e. The number of carbonyl (C=O) groups excluding carboxylic acids is 1. The van der Waals surface area contributed by atoms with Crippen molar-refractivity contribution in [3.05, 3.63) is 75.5 Å². The number of pyridine rings is 1. The molecule has 3 rings (SSSR count). The van der Waals surface area contributed by atoms with Gasteiger partial charge in [-0.05, 0) is 23.6 Å². The lowest BCUT2D eigenvalue weighted by Crippen LogP contribution is -2.04. The molecule has 1 aromatic heterocycles. The highest BCUT2D eigenvalue weighted by atomic mass is 79.9. The van der Waals surface area contributed by atoms with Gasteiger partial charge in [-0.25, -0.2) is 0 Å². The molecule has 0 aliphatic heterocycles. The van der Waals surface area contributed by atoms with Crippen molar-refractivity contribution in [3.8, 4) is 0 Å². The van der Waals surface area contributed by atoms with Crippen molar-refractivity contribution >= 4 is 44.1 Å². The summed E-state index contributed by atoms with van der Waals surface area (Å²) in [5.41, 5.74) is 1.11. The Morgan fingerprint density at radius 1 is 1.05 bits per heavy atom. The highest BCUT2D eigenvalue weighted by Crippen LogP contribution is 2.26. The summed E-state index contributed by atoms with van der Waals surface area (Å²) in [4.78, 5) is 16.8. The monoisotopic (exact) mass is 345 g/mol. The molecule has 0 atom stereocenters. The number of ketones is 1. The van der Waals surface area contributed by atoms with Crippen molar-refractivity contribution in [2.45, 2.75) is 0 Å². The average Bonchev–Trinajstić information content (AvgIpc) is 2.48. The van der Waals surface area contributed by atoms with E-state index in [9.17, 15) is 4.79 Å². The Morgan fingerprint density at radius 3 is 2.70 bits per heavy atom. The molecule has 4 heteroatoms. The molecular weight excluding hydrogens is 338 g/mol. The van der Waals surface area contributed by atoms with Crippen molar-refractivity contribution in [3.63, 3.8) is 0 Å². The largest absolute Gasteiger partial charge is 0.288 e. The van der Waals surface area contributed by atoms with Crippen molar-refractivity contribution in [2.75, 3.05) is 0 Å². The van der Waals surface area contributed by atoms with Gasteiger partial charge in [-0.15, -0.1) is 0 Å². The van der Waals surface area contributed by atoms with E-state index < -0.39 is 0 Å². The molecule has 2 aromatic carbocycles. The molecule has 3 aromatic rings. The lowest BCUT2D eigenvalue weighted by atomic mass is 10.00. The van der Waals surface area contributed by atoms with Crippen LogP contribution in [0, 0.1) is 0 Å². The fourth-order valence-corrected chi connectivity index (χ4v) is 2.71. The van der Waals surface area contributed by atoms with Crippen LogP contribution in [0.1, 0.15) is 15.9 Å². The lowest BCUT2D eigenvalue weighted by molar-refractivity contribution is 0.103. The molecular formula is C16H9BrClNO. The van der Waals surface area contributed by atoms with Gasteiger partial charge in [0.05, 0.1) is 0 Å². The zero-order chi connectivity index (χ0) is 14.1. The van der Waals surface area contributed by atoms with Crippen LogP contribution in [0.25, 0.3) is 10.8 Å². The minimum absolute atomic E-state index is 0.0938. The van der Waals surface area contributed by atoms with Gasteiger partial charge in [0, 0.05) is 38.4 Å². The van der Waals surface area contributed by atoms with E-state index >= 15 is 0 Å². The minimum Gasteiger partial charge on any atom is -0.288 e. The number of carbonyl (C=O) groups is 1. The molecule has 0 saturated carbocycles. The molecule has 0 saturated heterocycles. The van der Waals surface area contributed by atoms with Gasteiger partial charge in [0.25, 0.3) is 0 Å². The van der Waals surface area contributed by atoms with Crippen LogP contribution in [0.4, 0.5) is 0 Å². The minimum atomic E-state index is -0.0938. The first-order chi connectivity index (χ1) is 9.66. The number of rotatable bonds is 2. The molecule has 1 heterocycles. The highest BCUT2D eigenvalue weighted by molar-refractivity contribution is 9.10. The average molecular weight is 347 g/mol. The first-order valence-corrected chi connectivity index (χ1v) is 7.16. The van der Waals surface area contributed by atoms with E-state index in [4.69, 9.17) is 11.6 Å². The van der Waals surface area contributed by atoms with Gasteiger partial charge in [0.1, 0.15) is 0 Å². The van der Waals surface area contributed by atoms with E-state index in [0.717, 1.165) is 15.2 Å². The Labute approximate surface area is 129 Å². The molecule has 0 spiro atoms. The standard InChI is InChI=1S/C16H9BrClNO/c17-15-6-5-11(18)7-13(15)16(20)14-9-19-8-10-3-1-2-4-12(10)14/h1-9H. The molecule has 98 valence electrons. The Morgan fingerprint density at radius 2 is 1.85 bits per heavy atom. The van der Waals surface area contributed by atoms with Gasteiger partial charge in [-0.1, -0.05) is 51.8 Å². The lowest BCUT2D eigenvalue weighted by Gasteiger charge is -2.07. The second-order valence-electron chi connectivity index (χ2n) is 4.36. The van der Waals surface area contributed by atoms with E-state index in [1.165, 1.54) is 0 Å². The number of aromatic nitrogens is 1. The van der Waals surface area contributed by atoms with Crippen molar-refractivity contribution < 1.29 is 4.79 Å². The summed E-state index contributed by atoms with van der Waals surface area (Å²) in [7, 11) is 0. The van der Waals surface area contributed by atoms with E-state index in [2.05, 4.69) is 20.9 Å². The second-order valence-corrected chi connectivity index (χ2v) is 5.65. The summed E-state index contributed by atoms with van der Waals surface area (Å²) in [5, 5.41) is 2.36. The number of halogens is 2. The summed E-state index contributed by atoms with van der Waals surface area (Å²) in [6, 6.07) is 12.9. The van der Waals surface area contributed by atoms with Crippen LogP contribution in [0.15, 0.2) is 59.3 Å². The molecule has 2 nitrogen and oxygen atoms in total. The topological polar surface area (TPSA) is 30.0 Å². The van der Waals surface area contributed by atoms with Crippen LogP contribution in [-0.2, 0) is 0 Å². The van der Waals surface area contributed by atoms with Gasteiger partial charge in [-0.3, -0.25) is 9.78 Å². The predicted molar refractivity (Wildman–Crippen MR) is 84.3 cm³/mol. The predicted octanol–water partition coefficient (Wildman–Crippen LogP) is 4.88. The van der Waals surface area contributed by atoms with Crippen LogP contribution in [-0.4, -0.2) is 10.8 Å². The van der Waals surface area contributed by atoms with Gasteiger partial charge in [0.2, 0.25) is 0 Å². The zero-order valence-electron chi connectivity index (χ0n) is 10.3. The van der Waals surface area contributed by atoms with Gasteiger partial charge >= 0.3 is 0 Å². The summed E-state index contributed by atoms with van der Waals surface area (Å²) in [5.74, 6) is -0.0938. The van der Waals surface area contributed by atoms with E-state index in [1.54, 1.807) is 30.6 Å². The molecule has 0 N–H and O–H groups in total. The maximum absolute atomic E-state index is 12.7. The van der Waals surface area contributed by atoms with Crippen molar-refractivity contribution in [1.82, 2.24) is 4.98 Å². The first-order valence-electron chi connectivity index (χ1n) is 5.99. The molecule has 20 heavy (non-hydrogen) atoms.